The third kappa shape index (κ3) is 3.97. The predicted octanol–water partition coefficient (Wildman–Crippen LogP) is 3.11. The molecule has 0 bridgehead atoms. The Kier molecular flexibility index (Phi) is 5.86. The van der Waals surface area contributed by atoms with E-state index in [2.05, 4.69) is 42.3 Å². The number of piperidine rings is 1. The third-order valence-corrected chi connectivity index (χ3v) is 4.03. The van der Waals surface area contributed by atoms with Gasteiger partial charge in [-0.1, -0.05) is 24.6 Å². The maximum Gasteiger partial charge on any atom is 0.0746 e. The summed E-state index contributed by atoms with van der Waals surface area (Å²) in [6.45, 7) is 8.57. The van der Waals surface area contributed by atoms with E-state index in [1.165, 1.54) is 36.1 Å². The molecule has 1 fully saturated rings. The van der Waals surface area contributed by atoms with Crippen molar-refractivity contribution in [2.24, 2.45) is 0 Å². The van der Waals surface area contributed by atoms with Crippen molar-refractivity contribution < 1.29 is 4.74 Å². The van der Waals surface area contributed by atoms with Gasteiger partial charge in [0.2, 0.25) is 0 Å². The fraction of sp³-hybridized carbons (Fsp3) is 0.647. The summed E-state index contributed by atoms with van der Waals surface area (Å²) in [5, 5.41) is 3.53. The Hall–Kier alpha value is -1.06. The second-order valence-corrected chi connectivity index (χ2v) is 5.75. The first-order valence-electron chi connectivity index (χ1n) is 7.82. The highest BCUT2D eigenvalue weighted by Crippen LogP contribution is 2.26. The topological polar surface area (TPSA) is 24.5 Å². The highest BCUT2D eigenvalue weighted by atomic mass is 16.5. The molecule has 0 aromatic heterocycles. The van der Waals surface area contributed by atoms with Crippen molar-refractivity contribution in [1.29, 1.82) is 0 Å². The fourth-order valence-electron chi connectivity index (χ4n) is 2.91. The van der Waals surface area contributed by atoms with Crippen LogP contribution in [0, 0.1) is 6.92 Å². The van der Waals surface area contributed by atoms with Crippen molar-refractivity contribution in [2.45, 2.75) is 45.8 Å². The largest absolute Gasteiger partial charge is 0.380 e. The molecule has 0 radical (unpaired) electrons. The molecule has 3 nitrogen and oxygen atoms in total. The second-order valence-electron chi connectivity index (χ2n) is 5.75. The number of methoxy groups -OCH3 is 1. The quantitative estimate of drug-likeness (QED) is 0.808. The van der Waals surface area contributed by atoms with Gasteiger partial charge in [-0.15, -0.1) is 0 Å². The maximum absolute atomic E-state index is 5.55. The van der Waals surface area contributed by atoms with E-state index in [0.29, 0.717) is 6.10 Å². The number of rotatable bonds is 6. The third-order valence-electron chi connectivity index (χ3n) is 4.03. The van der Waals surface area contributed by atoms with E-state index in [1.54, 1.807) is 0 Å². The smallest absolute Gasteiger partial charge is 0.0746 e. The molecule has 1 aromatic carbocycles. The standard InChI is InChI=1S/C17H28N2O/c1-4-9-18-12-15-11-14(2)7-8-17(15)19-10-5-6-16(13-19)20-3/h7-8,11,16,18H,4-6,9-10,12-13H2,1-3H3. The van der Waals surface area contributed by atoms with Gasteiger partial charge in [0.05, 0.1) is 6.10 Å². The summed E-state index contributed by atoms with van der Waals surface area (Å²) in [6.07, 6.45) is 3.95. The van der Waals surface area contributed by atoms with Crippen LogP contribution in [0.4, 0.5) is 5.69 Å². The summed E-state index contributed by atoms with van der Waals surface area (Å²) >= 11 is 0. The van der Waals surface area contributed by atoms with Gasteiger partial charge in [-0.25, -0.2) is 0 Å². The summed E-state index contributed by atoms with van der Waals surface area (Å²) in [5.41, 5.74) is 4.12. The average Bonchev–Trinajstić information content (AvgIpc) is 2.48. The molecule has 1 atom stereocenters. The van der Waals surface area contributed by atoms with Gasteiger partial charge >= 0.3 is 0 Å². The Morgan fingerprint density at radius 1 is 1.40 bits per heavy atom. The number of anilines is 1. The normalized spacial score (nSPS) is 19.4. The summed E-state index contributed by atoms with van der Waals surface area (Å²) < 4.78 is 5.55. The van der Waals surface area contributed by atoms with Gasteiger partial charge < -0.3 is 15.0 Å². The number of nitrogens with one attached hydrogen (secondary N) is 1. The molecular weight excluding hydrogens is 248 g/mol. The molecule has 0 amide bonds. The number of hydrogen-bond acceptors (Lipinski definition) is 3. The van der Waals surface area contributed by atoms with E-state index in [0.717, 1.165) is 26.2 Å². The van der Waals surface area contributed by atoms with Crippen molar-refractivity contribution in [3.63, 3.8) is 0 Å². The van der Waals surface area contributed by atoms with Crippen molar-refractivity contribution in [3.8, 4) is 0 Å². The monoisotopic (exact) mass is 276 g/mol. The van der Waals surface area contributed by atoms with Gasteiger partial charge in [-0.2, -0.15) is 0 Å². The fourth-order valence-corrected chi connectivity index (χ4v) is 2.91. The van der Waals surface area contributed by atoms with E-state index in [-0.39, 0.29) is 0 Å². The van der Waals surface area contributed by atoms with Crippen LogP contribution in [0.3, 0.4) is 0 Å². The summed E-state index contributed by atoms with van der Waals surface area (Å²) in [7, 11) is 1.83. The van der Waals surface area contributed by atoms with E-state index >= 15 is 0 Å². The minimum atomic E-state index is 0.376. The number of benzene rings is 1. The first kappa shape index (κ1) is 15.3. The van der Waals surface area contributed by atoms with Gasteiger partial charge in [0, 0.05) is 32.4 Å². The zero-order chi connectivity index (χ0) is 14.4. The molecule has 1 aliphatic heterocycles. The van der Waals surface area contributed by atoms with Crippen LogP contribution in [0.2, 0.25) is 0 Å². The van der Waals surface area contributed by atoms with Gasteiger partial charge in [-0.3, -0.25) is 0 Å². The Morgan fingerprint density at radius 3 is 3.00 bits per heavy atom. The van der Waals surface area contributed by atoms with Crippen molar-refractivity contribution in [2.75, 3.05) is 31.6 Å². The average molecular weight is 276 g/mol. The Balaban J connectivity index is 2.12. The highest BCUT2D eigenvalue weighted by Gasteiger charge is 2.21. The van der Waals surface area contributed by atoms with E-state index in [1.807, 2.05) is 7.11 Å². The number of ether oxygens (including phenoxy) is 1. The molecule has 1 unspecified atom stereocenters. The van der Waals surface area contributed by atoms with Crippen LogP contribution in [0.1, 0.15) is 37.3 Å². The van der Waals surface area contributed by atoms with E-state index in [9.17, 15) is 0 Å². The highest BCUT2D eigenvalue weighted by molar-refractivity contribution is 5.55. The van der Waals surface area contributed by atoms with Crippen LogP contribution >= 0.6 is 0 Å². The molecule has 2 rings (SSSR count). The van der Waals surface area contributed by atoms with Crippen LogP contribution in [-0.2, 0) is 11.3 Å². The molecule has 1 aliphatic rings. The van der Waals surface area contributed by atoms with Crippen LogP contribution in [0.15, 0.2) is 18.2 Å². The minimum Gasteiger partial charge on any atom is -0.380 e. The lowest BCUT2D eigenvalue weighted by Gasteiger charge is -2.35. The first-order valence-corrected chi connectivity index (χ1v) is 7.82. The summed E-state index contributed by atoms with van der Waals surface area (Å²) in [5.74, 6) is 0. The van der Waals surface area contributed by atoms with E-state index < -0.39 is 0 Å². The Labute approximate surface area is 123 Å². The summed E-state index contributed by atoms with van der Waals surface area (Å²) in [4.78, 5) is 2.49. The Morgan fingerprint density at radius 2 is 2.25 bits per heavy atom. The maximum atomic E-state index is 5.55. The van der Waals surface area contributed by atoms with Gasteiger partial charge in [0.15, 0.2) is 0 Å². The predicted molar refractivity (Wildman–Crippen MR) is 85.4 cm³/mol. The molecular formula is C17H28N2O. The first-order chi connectivity index (χ1) is 9.74. The molecule has 0 saturated carbocycles. The molecule has 20 heavy (non-hydrogen) atoms. The van der Waals surface area contributed by atoms with Crippen molar-refractivity contribution >= 4 is 5.69 Å². The number of hydrogen-bond donors (Lipinski definition) is 1. The van der Waals surface area contributed by atoms with E-state index in [4.69, 9.17) is 4.74 Å². The lowest BCUT2D eigenvalue weighted by molar-refractivity contribution is 0.0893. The lowest BCUT2D eigenvalue weighted by Crippen LogP contribution is -2.40. The van der Waals surface area contributed by atoms with Gasteiger partial charge in [0.1, 0.15) is 0 Å². The van der Waals surface area contributed by atoms with Crippen molar-refractivity contribution in [3.05, 3.63) is 29.3 Å². The number of aryl methyl sites for hydroxylation is 1. The summed E-state index contributed by atoms with van der Waals surface area (Å²) in [6, 6.07) is 6.81. The zero-order valence-corrected chi connectivity index (χ0v) is 13.1. The molecule has 1 heterocycles. The number of nitrogens with zero attached hydrogens (tertiary/aromatic N) is 1. The SMILES string of the molecule is CCCNCc1cc(C)ccc1N1CCCC(OC)C1. The molecule has 3 heteroatoms. The molecule has 1 aromatic rings. The molecule has 112 valence electrons. The van der Waals surface area contributed by atoms with Crippen LogP contribution in [-0.4, -0.2) is 32.8 Å². The van der Waals surface area contributed by atoms with Gasteiger partial charge in [-0.05, 0) is 44.4 Å². The van der Waals surface area contributed by atoms with Gasteiger partial charge in [0.25, 0.3) is 0 Å². The minimum absolute atomic E-state index is 0.376. The second kappa shape index (κ2) is 7.65. The molecule has 0 aliphatic carbocycles. The van der Waals surface area contributed by atoms with Crippen molar-refractivity contribution in [1.82, 2.24) is 5.32 Å². The molecule has 1 saturated heterocycles. The molecule has 0 spiro atoms. The van der Waals surface area contributed by atoms with Crippen LogP contribution < -0.4 is 10.2 Å². The molecule has 1 N–H and O–H groups in total. The van der Waals surface area contributed by atoms with Crippen LogP contribution in [0.5, 0.6) is 0 Å². The zero-order valence-electron chi connectivity index (χ0n) is 13.1. The lowest BCUT2D eigenvalue weighted by atomic mass is 10.0. The van der Waals surface area contributed by atoms with Crippen LogP contribution in [0.25, 0.3) is 0 Å². The Bertz CT molecular complexity index is 419.